The number of nitrogens with one attached hydrogen (secondary N) is 1. The number of carbonyl (C=O) groups is 2. The van der Waals surface area contributed by atoms with Crippen LogP contribution in [0.5, 0.6) is 0 Å². The zero-order valence-corrected chi connectivity index (χ0v) is 16.6. The minimum absolute atomic E-state index is 0.0352. The van der Waals surface area contributed by atoms with E-state index in [0.717, 1.165) is 24.8 Å². The number of fused-ring (bicyclic) bond motifs is 2. The van der Waals surface area contributed by atoms with Crippen LogP contribution >= 0.6 is 0 Å². The van der Waals surface area contributed by atoms with Crippen LogP contribution in [0.25, 0.3) is 0 Å². The van der Waals surface area contributed by atoms with Crippen LogP contribution in [0.2, 0.25) is 0 Å². The SMILES string of the molecule is CC[C@@]1(C(=O)NCCc2cccnc2)C[C@@H]2CC[C@H]1N2C(=O)c1ccc(F)cc1. The van der Waals surface area contributed by atoms with Crippen molar-refractivity contribution < 1.29 is 14.0 Å². The number of rotatable bonds is 6. The van der Waals surface area contributed by atoms with Crippen molar-refractivity contribution in [1.82, 2.24) is 15.2 Å². The Hall–Kier alpha value is -2.76. The van der Waals surface area contributed by atoms with Gasteiger partial charge in [0.25, 0.3) is 5.91 Å². The number of hydrogen-bond acceptors (Lipinski definition) is 3. The van der Waals surface area contributed by atoms with Crippen LogP contribution in [0.15, 0.2) is 48.8 Å². The van der Waals surface area contributed by atoms with Crippen molar-refractivity contribution in [1.29, 1.82) is 0 Å². The lowest BCUT2D eigenvalue weighted by atomic mass is 9.71. The van der Waals surface area contributed by atoms with E-state index in [1.807, 2.05) is 30.2 Å². The highest BCUT2D eigenvalue weighted by Crippen LogP contribution is 2.52. The molecule has 2 fully saturated rings. The van der Waals surface area contributed by atoms with Crippen LogP contribution in [0.1, 0.15) is 48.5 Å². The molecule has 3 atom stereocenters. The third kappa shape index (κ3) is 3.52. The molecule has 1 aromatic carbocycles. The predicted molar refractivity (Wildman–Crippen MR) is 108 cm³/mol. The standard InChI is InChI=1S/C23H26FN3O2/c1-2-23(22(29)26-13-11-16-4-3-12-25-15-16)14-19-9-10-20(23)27(19)21(28)17-5-7-18(24)8-6-17/h3-8,12,15,19-20H,2,9-11,13-14H2,1H3,(H,26,29)/t19-,20+,23+/m0/s1. The average Bonchev–Trinajstić information content (AvgIpc) is 3.31. The first-order chi connectivity index (χ1) is 14.0. The molecule has 2 aliphatic rings. The van der Waals surface area contributed by atoms with Crippen LogP contribution in [-0.4, -0.2) is 40.3 Å². The first-order valence-electron chi connectivity index (χ1n) is 10.3. The van der Waals surface area contributed by atoms with E-state index in [-0.39, 0.29) is 29.7 Å². The van der Waals surface area contributed by atoms with E-state index in [9.17, 15) is 14.0 Å². The smallest absolute Gasteiger partial charge is 0.254 e. The fourth-order valence-electron chi connectivity index (χ4n) is 5.06. The van der Waals surface area contributed by atoms with E-state index in [1.54, 1.807) is 6.20 Å². The first-order valence-corrected chi connectivity index (χ1v) is 10.3. The molecule has 0 spiro atoms. The van der Waals surface area contributed by atoms with E-state index in [2.05, 4.69) is 10.3 Å². The molecule has 0 aliphatic carbocycles. The highest BCUT2D eigenvalue weighted by molar-refractivity contribution is 5.96. The van der Waals surface area contributed by atoms with E-state index in [0.29, 0.717) is 24.9 Å². The van der Waals surface area contributed by atoms with Crippen molar-refractivity contribution in [2.75, 3.05) is 6.54 Å². The maximum Gasteiger partial charge on any atom is 0.254 e. The average molecular weight is 395 g/mol. The van der Waals surface area contributed by atoms with Gasteiger partial charge in [0.2, 0.25) is 5.91 Å². The van der Waals surface area contributed by atoms with Gasteiger partial charge in [0.1, 0.15) is 5.82 Å². The maximum atomic E-state index is 13.2. The molecule has 1 aromatic heterocycles. The van der Waals surface area contributed by atoms with Crippen LogP contribution in [0.4, 0.5) is 4.39 Å². The van der Waals surface area contributed by atoms with Gasteiger partial charge in [-0.15, -0.1) is 0 Å². The summed E-state index contributed by atoms with van der Waals surface area (Å²) in [4.78, 5) is 32.3. The van der Waals surface area contributed by atoms with Crippen molar-refractivity contribution in [3.8, 4) is 0 Å². The highest BCUT2D eigenvalue weighted by Gasteiger charge is 2.60. The maximum absolute atomic E-state index is 13.2. The van der Waals surface area contributed by atoms with Gasteiger partial charge in [-0.2, -0.15) is 0 Å². The summed E-state index contributed by atoms with van der Waals surface area (Å²) in [5.41, 5.74) is 1.01. The summed E-state index contributed by atoms with van der Waals surface area (Å²) in [5, 5.41) is 3.10. The molecule has 2 aliphatic heterocycles. The summed E-state index contributed by atoms with van der Waals surface area (Å²) in [7, 11) is 0. The second-order valence-electron chi connectivity index (χ2n) is 8.05. The molecule has 2 saturated heterocycles. The number of aromatic nitrogens is 1. The number of benzene rings is 1. The second kappa shape index (κ2) is 7.93. The molecular weight excluding hydrogens is 369 g/mol. The summed E-state index contributed by atoms with van der Waals surface area (Å²) < 4.78 is 13.2. The molecule has 2 aromatic rings. The van der Waals surface area contributed by atoms with E-state index in [4.69, 9.17) is 0 Å². The molecule has 152 valence electrons. The monoisotopic (exact) mass is 395 g/mol. The molecule has 2 bridgehead atoms. The van der Waals surface area contributed by atoms with Crippen molar-refractivity contribution in [2.45, 2.75) is 51.1 Å². The lowest BCUT2D eigenvalue weighted by Crippen LogP contribution is -2.50. The molecule has 1 N–H and O–H groups in total. The van der Waals surface area contributed by atoms with Crippen LogP contribution in [0, 0.1) is 11.2 Å². The van der Waals surface area contributed by atoms with Gasteiger partial charge in [-0.1, -0.05) is 13.0 Å². The molecular formula is C23H26FN3O2. The molecule has 29 heavy (non-hydrogen) atoms. The third-order valence-corrected chi connectivity index (χ3v) is 6.57. The molecule has 5 nitrogen and oxygen atoms in total. The Bertz CT molecular complexity index is 887. The third-order valence-electron chi connectivity index (χ3n) is 6.57. The second-order valence-corrected chi connectivity index (χ2v) is 8.05. The summed E-state index contributed by atoms with van der Waals surface area (Å²) in [6.45, 7) is 2.58. The van der Waals surface area contributed by atoms with E-state index < -0.39 is 5.41 Å². The number of pyridine rings is 1. The molecule has 6 heteroatoms. The molecule has 3 heterocycles. The Labute approximate surface area is 170 Å². The zero-order chi connectivity index (χ0) is 20.4. The fourth-order valence-corrected chi connectivity index (χ4v) is 5.06. The Balaban J connectivity index is 1.47. The molecule has 0 unspecified atom stereocenters. The van der Waals surface area contributed by atoms with Crippen molar-refractivity contribution >= 4 is 11.8 Å². The molecule has 0 radical (unpaired) electrons. The van der Waals surface area contributed by atoms with Crippen LogP contribution < -0.4 is 5.32 Å². The molecule has 4 rings (SSSR count). The fraction of sp³-hybridized carbons (Fsp3) is 0.435. The first kappa shape index (κ1) is 19.6. The van der Waals surface area contributed by atoms with Crippen molar-refractivity contribution in [3.05, 3.63) is 65.7 Å². The number of amides is 2. The summed E-state index contributed by atoms with van der Waals surface area (Å²) in [5.74, 6) is -0.425. The van der Waals surface area contributed by atoms with Gasteiger partial charge < -0.3 is 10.2 Å². The summed E-state index contributed by atoms with van der Waals surface area (Å²) in [6.07, 6.45) is 7.41. The van der Waals surface area contributed by atoms with Gasteiger partial charge >= 0.3 is 0 Å². The Kier molecular flexibility index (Phi) is 5.35. The lowest BCUT2D eigenvalue weighted by Gasteiger charge is -2.35. The normalized spacial score (nSPS) is 25.2. The predicted octanol–water partition coefficient (Wildman–Crippen LogP) is 3.35. The molecule has 0 saturated carbocycles. The van der Waals surface area contributed by atoms with E-state index in [1.165, 1.54) is 24.3 Å². The highest BCUT2D eigenvalue weighted by atomic mass is 19.1. The van der Waals surface area contributed by atoms with Gasteiger partial charge in [0.05, 0.1) is 5.41 Å². The quantitative estimate of drug-likeness (QED) is 0.816. The van der Waals surface area contributed by atoms with Crippen LogP contribution in [-0.2, 0) is 11.2 Å². The largest absolute Gasteiger partial charge is 0.355 e. The lowest BCUT2D eigenvalue weighted by molar-refractivity contribution is -0.132. The summed E-state index contributed by atoms with van der Waals surface area (Å²) >= 11 is 0. The Morgan fingerprint density at radius 3 is 2.72 bits per heavy atom. The van der Waals surface area contributed by atoms with Gasteiger partial charge in [-0.25, -0.2) is 4.39 Å². The topological polar surface area (TPSA) is 62.3 Å². The minimum Gasteiger partial charge on any atom is -0.355 e. The van der Waals surface area contributed by atoms with Crippen molar-refractivity contribution in [3.63, 3.8) is 0 Å². The van der Waals surface area contributed by atoms with Gasteiger partial charge in [-0.3, -0.25) is 14.6 Å². The van der Waals surface area contributed by atoms with Crippen molar-refractivity contribution in [2.24, 2.45) is 5.41 Å². The minimum atomic E-state index is -0.548. The van der Waals surface area contributed by atoms with Gasteiger partial charge in [0.15, 0.2) is 0 Å². The van der Waals surface area contributed by atoms with Gasteiger partial charge in [0, 0.05) is 36.6 Å². The summed E-state index contributed by atoms with van der Waals surface area (Å²) in [6, 6.07) is 9.52. The van der Waals surface area contributed by atoms with Crippen LogP contribution in [0.3, 0.4) is 0 Å². The number of halogens is 1. The number of hydrogen-bond donors (Lipinski definition) is 1. The number of carbonyl (C=O) groups excluding carboxylic acids is 2. The Morgan fingerprint density at radius 2 is 2.03 bits per heavy atom. The molecule has 2 amide bonds. The zero-order valence-electron chi connectivity index (χ0n) is 16.6. The Morgan fingerprint density at radius 1 is 1.24 bits per heavy atom. The number of nitrogens with zero attached hydrogens (tertiary/aromatic N) is 2. The van der Waals surface area contributed by atoms with Gasteiger partial charge in [-0.05, 0) is 68.0 Å². The van der Waals surface area contributed by atoms with E-state index >= 15 is 0 Å².